The Morgan fingerprint density at radius 1 is 1.37 bits per heavy atom. The molecule has 2 aromatic rings. The van der Waals surface area contributed by atoms with Crippen molar-refractivity contribution in [2.24, 2.45) is 7.05 Å². The zero-order chi connectivity index (χ0) is 13.8. The maximum absolute atomic E-state index is 4.23. The molecule has 2 N–H and O–H groups in total. The van der Waals surface area contributed by atoms with Gasteiger partial charge in [-0.15, -0.1) is 10.2 Å². The van der Waals surface area contributed by atoms with Crippen LogP contribution in [0, 0.1) is 0 Å². The van der Waals surface area contributed by atoms with Gasteiger partial charge in [-0.05, 0) is 29.8 Å². The highest BCUT2D eigenvalue weighted by Crippen LogP contribution is 2.28. The summed E-state index contributed by atoms with van der Waals surface area (Å²) in [4.78, 5) is 8.41. The normalized spacial score (nSPS) is 12.2. The summed E-state index contributed by atoms with van der Waals surface area (Å²) in [5.74, 6) is 2.34. The Balaban J connectivity index is 2.19. The number of aryl methyl sites for hydroxylation is 1. The van der Waals surface area contributed by atoms with E-state index in [2.05, 4.69) is 46.7 Å². The molecular formula is C11H16BrN7. The van der Waals surface area contributed by atoms with Crippen LogP contribution in [0.15, 0.2) is 17.1 Å². The van der Waals surface area contributed by atoms with E-state index in [0.29, 0.717) is 0 Å². The largest absolute Gasteiger partial charge is 0.369 e. The number of halogens is 1. The molecule has 0 amide bonds. The van der Waals surface area contributed by atoms with E-state index in [0.717, 1.165) is 28.5 Å². The molecule has 7 nitrogen and oxygen atoms in total. The quantitative estimate of drug-likeness (QED) is 0.874. The van der Waals surface area contributed by atoms with Crippen molar-refractivity contribution in [3.8, 4) is 0 Å². The Morgan fingerprint density at radius 3 is 2.74 bits per heavy atom. The number of hydrogen-bond donors (Lipinski definition) is 2. The van der Waals surface area contributed by atoms with Crippen LogP contribution < -0.4 is 10.6 Å². The summed E-state index contributed by atoms with van der Waals surface area (Å²) in [7, 11) is 1.91. The number of hydrogen-bond acceptors (Lipinski definition) is 6. The second-order valence-corrected chi connectivity index (χ2v) is 4.87. The van der Waals surface area contributed by atoms with Gasteiger partial charge in [0.1, 0.15) is 28.8 Å². The fourth-order valence-corrected chi connectivity index (χ4v) is 2.17. The number of anilines is 2. The van der Waals surface area contributed by atoms with Crippen molar-refractivity contribution in [3.63, 3.8) is 0 Å². The first kappa shape index (κ1) is 13.7. The Hall–Kier alpha value is -1.70. The first-order chi connectivity index (χ1) is 9.13. The topological polar surface area (TPSA) is 80.6 Å². The minimum Gasteiger partial charge on any atom is -0.369 e. The highest BCUT2D eigenvalue weighted by atomic mass is 79.9. The van der Waals surface area contributed by atoms with E-state index in [-0.39, 0.29) is 6.04 Å². The number of nitrogens with one attached hydrogen (secondary N) is 2. The first-order valence-electron chi connectivity index (χ1n) is 5.98. The van der Waals surface area contributed by atoms with Gasteiger partial charge in [0.2, 0.25) is 0 Å². The van der Waals surface area contributed by atoms with E-state index in [1.54, 1.807) is 6.33 Å². The highest BCUT2D eigenvalue weighted by molar-refractivity contribution is 9.10. The van der Waals surface area contributed by atoms with E-state index >= 15 is 0 Å². The minimum atomic E-state index is -0.00632. The Labute approximate surface area is 120 Å². The second-order valence-electron chi connectivity index (χ2n) is 4.08. The molecule has 8 heteroatoms. The second kappa shape index (κ2) is 5.96. The number of rotatable bonds is 5. The van der Waals surface area contributed by atoms with Crippen molar-refractivity contribution in [1.29, 1.82) is 0 Å². The molecule has 0 radical (unpaired) electrons. The van der Waals surface area contributed by atoms with Gasteiger partial charge in [0.25, 0.3) is 0 Å². The zero-order valence-corrected chi connectivity index (χ0v) is 12.6. The average Bonchev–Trinajstić information content (AvgIpc) is 2.81. The molecule has 19 heavy (non-hydrogen) atoms. The van der Waals surface area contributed by atoms with Gasteiger partial charge in [-0.3, -0.25) is 0 Å². The molecule has 0 saturated carbocycles. The summed E-state index contributed by atoms with van der Waals surface area (Å²) in [6.07, 6.45) is 3.20. The molecule has 102 valence electrons. The molecule has 2 rings (SSSR count). The SMILES string of the molecule is CCNc1ncnc(NC(C)c2nncn2C)c1Br. The lowest BCUT2D eigenvalue weighted by atomic mass is 10.3. The molecule has 2 heterocycles. The van der Waals surface area contributed by atoms with Gasteiger partial charge in [-0.1, -0.05) is 0 Å². The molecule has 0 aliphatic heterocycles. The van der Waals surface area contributed by atoms with Crippen molar-refractivity contribution in [3.05, 3.63) is 23.0 Å². The summed E-state index contributed by atoms with van der Waals surface area (Å²) in [6.45, 7) is 4.82. The molecule has 1 atom stereocenters. The van der Waals surface area contributed by atoms with Gasteiger partial charge in [-0.25, -0.2) is 9.97 Å². The summed E-state index contributed by atoms with van der Waals surface area (Å²) in [6, 6.07) is -0.00632. The van der Waals surface area contributed by atoms with Crippen LogP contribution in [0.2, 0.25) is 0 Å². The highest BCUT2D eigenvalue weighted by Gasteiger charge is 2.15. The van der Waals surface area contributed by atoms with Gasteiger partial charge >= 0.3 is 0 Å². The lowest BCUT2D eigenvalue weighted by Gasteiger charge is -2.15. The van der Waals surface area contributed by atoms with Crippen molar-refractivity contribution < 1.29 is 0 Å². The van der Waals surface area contributed by atoms with Crippen LogP contribution in [0.5, 0.6) is 0 Å². The molecule has 0 spiro atoms. The third-order valence-corrected chi connectivity index (χ3v) is 3.37. The lowest BCUT2D eigenvalue weighted by Crippen LogP contribution is -2.14. The average molecular weight is 326 g/mol. The third-order valence-electron chi connectivity index (χ3n) is 2.62. The fraction of sp³-hybridized carbons (Fsp3) is 0.455. The van der Waals surface area contributed by atoms with Gasteiger partial charge in [0.05, 0.1) is 6.04 Å². The molecule has 1 unspecified atom stereocenters. The van der Waals surface area contributed by atoms with E-state index in [4.69, 9.17) is 0 Å². The van der Waals surface area contributed by atoms with Gasteiger partial charge in [0, 0.05) is 13.6 Å². The molecule has 0 aliphatic rings. The van der Waals surface area contributed by atoms with Crippen LogP contribution in [0.3, 0.4) is 0 Å². The predicted molar refractivity (Wildman–Crippen MR) is 76.9 cm³/mol. The summed E-state index contributed by atoms with van der Waals surface area (Å²) < 4.78 is 2.68. The Kier molecular flexibility index (Phi) is 4.31. The molecule has 0 aliphatic carbocycles. The van der Waals surface area contributed by atoms with Gasteiger partial charge in [0.15, 0.2) is 5.82 Å². The van der Waals surface area contributed by atoms with Crippen molar-refractivity contribution in [2.75, 3.05) is 17.2 Å². The Bertz CT molecular complexity index is 554. The van der Waals surface area contributed by atoms with Crippen molar-refractivity contribution in [1.82, 2.24) is 24.7 Å². The minimum absolute atomic E-state index is 0.00632. The van der Waals surface area contributed by atoms with Crippen LogP contribution in [0.25, 0.3) is 0 Å². The molecule has 2 aromatic heterocycles. The zero-order valence-electron chi connectivity index (χ0n) is 11.1. The monoisotopic (exact) mass is 325 g/mol. The predicted octanol–water partition coefficient (Wildman–Crippen LogP) is 1.97. The van der Waals surface area contributed by atoms with E-state index in [9.17, 15) is 0 Å². The van der Waals surface area contributed by atoms with Crippen LogP contribution >= 0.6 is 15.9 Å². The van der Waals surface area contributed by atoms with E-state index < -0.39 is 0 Å². The van der Waals surface area contributed by atoms with Crippen LogP contribution in [-0.4, -0.2) is 31.3 Å². The van der Waals surface area contributed by atoms with Gasteiger partial charge in [-0.2, -0.15) is 0 Å². The molecular weight excluding hydrogens is 310 g/mol. The smallest absolute Gasteiger partial charge is 0.154 e. The van der Waals surface area contributed by atoms with Crippen LogP contribution in [0.4, 0.5) is 11.6 Å². The van der Waals surface area contributed by atoms with Crippen molar-refractivity contribution >= 4 is 27.6 Å². The molecule has 0 aromatic carbocycles. The third kappa shape index (κ3) is 3.01. The summed E-state index contributed by atoms with van der Waals surface area (Å²) in [5, 5.41) is 14.4. The van der Waals surface area contributed by atoms with E-state index in [1.807, 2.05) is 25.5 Å². The first-order valence-corrected chi connectivity index (χ1v) is 6.77. The number of aromatic nitrogens is 5. The Morgan fingerprint density at radius 2 is 2.11 bits per heavy atom. The summed E-state index contributed by atoms with van der Waals surface area (Å²) in [5.41, 5.74) is 0. The van der Waals surface area contributed by atoms with Gasteiger partial charge < -0.3 is 15.2 Å². The van der Waals surface area contributed by atoms with Crippen molar-refractivity contribution in [2.45, 2.75) is 19.9 Å². The maximum Gasteiger partial charge on any atom is 0.154 e. The lowest BCUT2D eigenvalue weighted by molar-refractivity contribution is 0.715. The molecule has 0 saturated heterocycles. The fourth-order valence-electron chi connectivity index (χ4n) is 1.71. The van der Waals surface area contributed by atoms with Crippen LogP contribution in [-0.2, 0) is 7.05 Å². The standard InChI is InChI=1S/C11H16BrN7/c1-4-13-9-8(12)10(15-5-14-9)17-7(2)11-18-16-6-19(11)3/h5-7H,4H2,1-3H3,(H2,13,14,15,17). The van der Waals surface area contributed by atoms with Crippen LogP contribution in [0.1, 0.15) is 25.7 Å². The summed E-state index contributed by atoms with van der Waals surface area (Å²) >= 11 is 3.50. The maximum atomic E-state index is 4.23. The number of nitrogens with zero attached hydrogens (tertiary/aromatic N) is 5. The van der Waals surface area contributed by atoms with E-state index in [1.165, 1.54) is 6.33 Å². The molecule has 0 bridgehead atoms. The molecule has 0 fully saturated rings.